The van der Waals surface area contributed by atoms with E-state index in [0.29, 0.717) is 6.04 Å². The summed E-state index contributed by atoms with van der Waals surface area (Å²) in [6, 6.07) is 17.7. The van der Waals surface area contributed by atoms with Crippen LogP contribution >= 0.6 is 0 Å². The Labute approximate surface area is 128 Å². The van der Waals surface area contributed by atoms with Gasteiger partial charge >= 0.3 is 0 Å². The van der Waals surface area contributed by atoms with Crippen LogP contribution in [0.5, 0.6) is 0 Å². The molecule has 0 aliphatic heterocycles. The van der Waals surface area contributed by atoms with Crippen molar-refractivity contribution in [1.29, 1.82) is 0 Å². The Kier molecular flexibility index (Phi) is 5.54. The smallest absolute Gasteiger partial charge is 0.0449 e. The summed E-state index contributed by atoms with van der Waals surface area (Å²) in [5.41, 5.74) is 5.43. The molecule has 1 N–H and O–H groups in total. The SMILES string of the molecule is CNC(CN(C)Cc1ccccc1)c1ccc(C)cc1C. The standard InChI is InChI=1S/C19H26N2/c1-15-10-11-18(16(2)12-15)19(20-3)14-21(4)13-17-8-6-5-7-9-17/h5-12,19-20H,13-14H2,1-4H3. The van der Waals surface area contributed by atoms with Crippen LogP contribution in [0.4, 0.5) is 0 Å². The minimum atomic E-state index is 0.360. The first-order valence-electron chi connectivity index (χ1n) is 7.57. The van der Waals surface area contributed by atoms with E-state index in [1.165, 1.54) is 22.3 Å². The summed E-state index contributed by atoms with van der Waals surface area (Å²) in [6.07, 6.45) is 0. The topological polar surface area (TPSA) is 15.3 Å². The molecular weight excluding hydrogens is 256 g/mol. The highest BCUT2D eigenvalue weighted by Gasteiger charge is 2.14. The fourth-order valence-corrected chi connectivity index (χ4v) is 2.83. The quantitative estimate of drug-likeness (QED) is 0.869. The lowest BCUT2D eigenvalue weighted by molar-refractivity contribution is 0.289. The largest absolute Gasteiger partial charge is 0.312 e. The summed E-state index contributed by atoms with van der Waals surface area (Å²) >= 11 is 0. The molecule has 2 aromatic carbocycles. The lowest BCUT2D eigenvalue weighted by Crippen LogP contribution is -2.31. The normalized spacial score (nSPS) is 12.6. The predicted molar refractivity (Wildman–Crippen MR) is 90.5 cm³/mol. The second kappa shape index (κ2) is 7.39. The maximum atomic E-state index is 3.45. The summed E-state index contributed by atoms with van der Waals surface area (Å²) in [4.78, 5) is 2.37. The Bertz CT molecular complexity index is 563. The van der Waals surface area contributed by atoms with Crippen molar-refractivity contribution in [3.8, 4) is 0 Å². The van der Waals surface area contributed by atoms with Crippen molar-refractivity contribution in [2.75, 3.05) is 20.6 Å². The highest BCUT2D eigenvalue weighted by atomic mass is 15.1. The third kappa shape index (κ3) is 4.42. The highest BCUT2D eigenvalue weighted by Crippen LogP contribution is 2.20. The zero-order valence-electron chi connectivity index (χ0n) is 13.6. The molecule has 0 aliphatic rings. The van der Waals surface area contributed by atoms with Gasteiger partial charge in [0.05, 0.1) is 0 Å². The summed E-state index contributed by atoms with van der Waals surface area (Å²) < 4.78 is 0. The number of benzene rings is 2. The Morgan fingerprint density at radius 2 is 1.76 bits per heavy atom. The van der Waals surface area contributed by atoms with E-state index in [2.05, 4.69) is 79.6 Å². The molecule has 1 unspecified atom stereocenters. The third-order valence-electron chi connectivity index (χ3n) is 3.94. The molecule has 0 radical (unpaired) electrons. The molecule has 0 aliphatic carbocycles. The molecule has 0 heterocycles. The molecule has 2 heteroatoms. The van der Waals surface area contributed by atoms with E-state index in [1.807, 2.05) is 7.05 Å². The molecule has 0 saturated heterocycles. The van der Waals surface area contributed by atoms with E-state index < -0.39 is 0 Å². The van der Waals surface area contributed by atoms with Crippen molar-refractivity contribution in [3.63, 3.8) is 0 Å². The minimum Gasteiger partial charge on any atom is -0.312 e. The van der Waals surface area contributed by atoms with Crippen molar-refractivity contribution in [2.45, 2.75) is 26.4 Å². The summed E-state index contributed by atoms with van der Waals surface area (Å²) in [5.74, 6) is 0. The van der Waals surface area contributed by atoms with Crippen molar-refractivity contribution >= 4 is 0 Å². The fourth-order valence-electron chi connectivity index (χ4n) is 2.83. The van der Waals surface area contributed by atoms with E-state index in [-0.39, 0.29) is 0 Å². The van der Waals surface area contributed by atoms with Crippen LogP contribution in [0.2, 0.25) is 0 Å². The van der Waals surface area contributed by atoms with Crippen LogP contribution in [0.25, 0.3) is 0 Å². The van der Waals surface area contributed by atoms with Gasteiger partial charge in [0, 0.05) is 19.1 Å². The average molecular weight is 282 g/mol. The summed E-state index contributed by atoms with van der Waals surface area (Å²) in [5, 5.41) is 3.45. The van der Waals surface area contributed by atoms with Crippen LogP contribution in [0.15, 0.2) is 48.5 Å². The maximum absolute atomic E-state index is 3.45. The van der Waals surface area contributed by atoms with Gasteiger partial charge in [0.2, 0.25) is 0 Å². The van der Waals surface area contributed by atoms with E-state index in [0.717, 1.165) is 13.1 Å². The Morgan fingerprint density at radius 3 is 2.38 bits per heavy atom. The average Bonchev–Trinajstić information content (AvgIpc) is 2.46. The molecular formula is C19H26N2. The van der Waals surface area contributed by atoms with Crippen LogP contribution in [0.1, 0.15) is 28.3 Å². The Hall–Kier alpha value is -1.64. The van der Waals surface area contributed by atoms with Gasteiger partial charge < -0.3 is 10.2 Å². The second-order valence-corrected chi connectivity index (χ2v) is 5.88. The molecule has 1 atom stereocenters. The van der Waals surface area contributed by atoms with Gasteiger partial charge in [0.15, 0.2) is 0 Å². The van der Waals surface area contributed by atoms with Gasteiger partial charge in [-0.2, -0.15) is 0 Å². The van der Waals surface area contributed by atoms with E-state index in [4.69, 9.17) is 0 Å². The Morgan fingerprint density at radius 1 is 1.05 bits per heavy atom. The molecule has 0 spiro atoms. The van der Waals surface area contributed by atoms with Crippen molar-refractivity contribution in [2.24, 2.45) is 0 Å². The lowest BCUT2D eigenvalue weighted by atomic mass is 9.99. The van der Waals surface area contributed by atoms with Gasteiger partial charge in [0.25, 0.3) is 0 Å². The van der Waals surface area contributed by atoms with Crippen molar-refractivity contribution < 1.29 is 0 Å². The molecule has 0 aromatic heterocycles. The van der Waals surface area contributed by atoms with Crippen LogP contribution in [0, 0.1) is 13.8 Å². The van der Waals surface area contributed by atoms with Gasteiger partial charge in [0.1, 0.15) is 0 Å². The number of aryl methyl sites for hydroxylation is 2. The number of rotatable bonds is 6. The van der Waals surface area contributed by atoms with Gasteiger partial charge in [-0.3, -0.25) is 0 Å². The van der Waals surface area contributed by atoms with Crippen LogP contribution < -0.4 is 5.32 Å². The zero-order valence-corrected chi connectivity index (χ0v) is 13.6. The molecule has 0 amide bonds. The van der Waals surface area contributed by atoms with E-state index in [9.17, 15) is 0 Å². The molecule has 21 heavy (non-hydrogen) atoms. The molecule has 0 fully saturated rings. The van der Waals surface area contributed by atoms with Crippen LogP contribution in [-0.4, -0.2) is 25.5 Å². The second-order valence-electron chi connectivity index (χ2n) is 5.88. The number of nitrogens with one attached hydrogen (secondary N) is 1. The van der Waals surface area contributed by atoms with Gasteiger partial charge in [-0.1, -0.05) is 54.1 Å². The first-order chi connectivity index (χ1) is 10.1. The third-order valence-corrected chi connectivity index (χ3v) is 3.94. The van der Waals surface area contributed by atoms with Crippen molar-refractivity contribution in [3.05, 3.63) is 70.8 Å². The predicted octanol–water partition coefficient (Wildman–Crippen LogP) is 3.70. The molecule has 0 saturated carbocycles. The van der Waals surface area contributed by atoms with E-state index in [1.54, 1.807) is 0 Å². The number of nitrogens with zero attached hydrogens (tertiary/aromatic N) is 1. The summed E-state index contributed by atoms with van der Waals surface area (Å²) in [6.45, 7) is 6.32. The maximum Gasteiger partial charge on any atom is 0.0449 e. The summed E-state index contributed by atoms with van der Waals surface area (Å²) in [7, 11) is 4.22. The van der Waals surface area contributed by atoms with Gasteiger partial charge in [-0.05, 0) is 44.6 Å². The first kappa shape index (κ1) is 15.7. The first-order valence-corrected chi connectivity index (χ1v) is 7.57. The fraction of sp³-hybridized carbons (Fsp3) is 0.368. The highest BCUT2D eigenvalue weighted by molar-refractivity contribution is 5.33. The van der Waals surface area contributed by atoms with Crippen LogP contribution in [-0.2, 0) is 6.54 Å². The molecule has 0 bridgehead atoms. The number of hydrogen-bond donors (Lipinski definition) is 1. The number of hydrogen-bond acceptors (Lipinski definition) is 2. The monoisotopic (exact) mass is 282 g/mol. The van der Waals surface area contributed by atoms with Gasteiger partial charge in [-0.15, -0.1) is 0 Å². The molecule has 112 valence electrons. The molecule has 2 nitrogen and oxygen atoms in total. The van der Waals surface area contributed by atoms with Crippen molar-refractivity contribution in [1.82, 2.24) is 10.2 Å². The molecule has 2 aromatic rings. The van der Waals surface area contributed by atoms with Gasteiger partial charge in [-0.25, -0.2) is 0 Å². The Balaban J connectivity index is 2.04. The van der Waals surface area contributed by atoms with E-state index >= 15 is 0 Å². The lowest BCUT2D eigenvalue weighted by Gasteiger charge is -2.25. The number of likely N-dealkylation sites (N-methyl/N-ethyl adjacent to an activating group) is 2. The molecule has 2 rings (SSSR count). The zero-order chi connectivity index (χ0) is 15.2. The van der Waals surface area contributed by atoms with Crippen LogP contribution in [0.3, 0.4) is 0 Å². The minimum absolute atomic E-state index is 0.360.